The van der Waals surface area contributed by atoms with Gasteiger partial charge < -0.3 is 19.9 Å². The minimum Gasteiger partial charge on any atom is -0.493 e. The number of nitrogens with zero attached hydrogens (tertiary/aromatic N) is 2. The topological polar surface area (TPSA) is 44.8 Å². The summed E-state index contributed by atoms with van der Waals surface area (Å²) < 4.78 is 5.77. The number of benzene rings is 1. The first kappa shape index (κ1) is 15.2. The molecule has 1 saturated heterocycles. The number of hydrogen-bond donors (Lipinski definition) is 1. The summed E-state index contributed by atoms with van der Waals surface area (Å²) in [6.07, 6.45) is 0.972. The molecule has 2 heterocycles. The van der Waals surface area contributed by atoms with Gasteiger partial charge in [0.2, 0.25) is 0 Å². The monoisotopic (exact) mass is 303 g/mol. The molecular formula is C17H25N3O2. The molecule has 0 aliphatic carbocycles. The number of hydrogen-bond acceptors (Lipinski definition) is 3. The molecule has 2 aliphatic rings. The second-order valence-corrected chi connectivity index (χ2v) is 6.10. The lowest BCUT2D eigenvalue weighted by Gasteiger charge is -2.34. The second-order valence-electron chi connectivity index (χ2n) is 6.10. The van der Waals surface area contributed by atoms with Crippen LogP contribution >= 0.6 is 0 Å². The third-order valence-electron chi connectivity index (χ3n) is 4.60. The summed E-state index contributed by atoms with van der Waals surface area (Å²) in [5.74, 6) is 1.34. The van der Waals surface area contributed by atoms with Crippen molar-refractivity contribution in [3.05, 3.63) is 29.8 Å². The number of piperazine rings is 1. The van der Waals surface area contributed by atoms with E-state index in [4.69, 9.17) is 4.74 Å². The molecule has 2 aliphatic heterocycles. The van der Waals surface area contributed by atoms with Crippen LogP contribution in [0.4, 0.5) is 4.79 Å². The average Bonchev–Trinajstić information content (AvgIpc) is 2.59. The number of nitrogens with one attached hydrogen (secondary N) is 1. The fraction of sp³-hybridized carbons (Fsp3) is 0.588. The van der Waals surface area contributed by atoms with E-state index in [1.54, 1.807) is 0 Å². The van der Waals surface area contributed by atoms with E-state index in [9.17, 15) is 4.79 Å². The summed E-state index contributed by atoms with van der Waals surface area (Å²) in [6, 6.07) is 8.22. The van der Waals surface area contributed by atoms with Crippen molar-refractivity contribution in [2.75, 3.05) is 45.9 Å². The highest BCUT2D eigenvalue weighted by Crippen LogP contribution is 2.26. The zero-order valence-electron chi connectivity index (χ0n) is 13.3. The molecule has 0 bridgehead atoms. The predicted molar refractivity (Wildman–Crippen MR) is 86.2 cm³/mol. The summed E-state index contributed by atoms with van der Waals surface area (Å²) in [5.41, 5.74) is 1.24. The SMILES string of the molecule is CCN1CCN(C(=O)NCC2COc3ccccc3C2)CC1. The van der Waals surface area contributed by atoms with E-state index in [1.807, 2.05) is 23.1 Å². The molecule has 1 aromatic carbocycles. The fourth-order valence-electron chi connectivity index (χ4n) is 3.13. The number of para-hydroxylation sites is 1. The molecule has 1 atom stereocenters. The molecule has 0 saturated carbocycles. The maximum atomic E-state index is 12.2. The zero-order valence-corrected chi connectivity index (χ0v) is 13.3. The van der Waals surface area contributed by atoms with Crippen molar-refractivity contribution in [1.29, 1.82) is 0 Å². The van der Waals surface area contributed by atoms with Crippen LogP contribution in [0.5, 0.6) is 5.75 Å². The molecule has 3 rings (SSSR count). The number of urea groups is 1. The molecule has 1 unspecified atom stereocenters. The Morgan fingerprint density at radius 1 is 1.27 bits per heavy atom. The van der Waals surface area contributed by atoms with E-state index in [2.05, 4.69) is 23.2 Å². The zero-order chi connectivity index (χ0) is 15.4. The van der Waals surface area contributed by atoms with Gasteiger partial charge in [-0.2, -0.15) is 0 Å². The third-order valence-corrected chi connectivity index (χ3v) is 4.60. The van der Waals surface area contributed by atoms with Gasteiger partial charge in [-0.1, -0.05) is 25.1 Å². The Morgan fingerprint density at radius 2 is 2.05 bits per heavy atom. The van der Waals surface area contributed by atoms with E-state index in [0.29, 0.717) is 19.1 Å². The molecule has 1 fully saturated rings. The van der Waals surface area contributed by atoms with Gasteiger partial charge in [-0.3, -0.25) is 0 Å². The first-order valence-electron chi connectivity index (χ1n) is 8.22. The Balaban J connectivity index is 1.44. The third kappa shape index (κ3) is 3.53. The molecule has 0 spiro atoms. The number of likely N-dealkylation sites (N-methyl/N-ethyl adjacent to an activating group) is 1. The standard InChI is InChI=1S/C17H25N3O2/c1-2-19-7-9-20(10-8-19)17(21)18-12-14-11-15-5-3-4-6-16(15)22-13-14/h3-6,14H,2,7-13H2,1H3,(H,18,21). The van der Waals surface area contributed by atoms with E-state index >= 15 is 0 Å². The predicted octanol–water partition coefficient (Wildman–Crippen LogP) is 1.58. The van der Waals surface area contributed by atoms with Crippen LogP contribution in [0.25, 0.3) is 0 Å². The second kappa shape index (κ2) is 7.01. The van der Waals surface area contributed by atoms with Gasteiger partial charge in [0, 0.05) is 38.6 Å². The Hall–Kier alpha value is -1.75. The average molecular weight is 303 g/mol. The van der Waals surface area contributed by atoms with Gasteiger partial charge in [-0.05, 0) is 24.6 Å². The van der Waals surface area contributed by atoms with Crippen molar-refractivity contribution in [2.45, 2.75) is 13.3 Å². The highest BCUT2D eigenvalue weighted by molar-refractivity contribution is 5.74. The lowest BCUT2D eigenvalue weighted by molar-refractivity contribution is 0.140. The van der Waals surface area contributed by atoms with Crippen molar-refractivity contribution < 1.29 is 9.53 Å². The number of carbonyl (C=O) groups excluding carboxylic acids is 1. The quantitative estimate of drug-likeness (QED) is 0.922. The van der Waals surface area contributed by atoms with Crippen LogP contribution in [0.1, 0.15) is 12.5 Å². The van der Waals surface area contributed by atoms with Gasteiger partial charge in [0.1, 0.15) is 5.75 Å². The highest BCUT2D eigenvalue weighted by Gasteiger charge is 2.23. The van der Waals surface area contributed by atoms with Gasteiger partial charge in [-0.15, -0.1) is 0 Å². The maximum absolute atomic E-state index is 12.2. The molecule has 5 nitrogen and oxygen atoms in total. The van der Waals surface area contributed by atoms with E-state index in [-0.39, 0.29) is 6.03 Å². The Labute approximate surface area is 132 Å². The number of rotatable bonds is 3. The number of amides is 2. The Morgan fingerprint density at radius 3 is 2.82 bits per heavy atom. The summed E-state index contributed by atoms with van der Waals surface area (Å²) in [5, 5.41) is 3.07. The van der Waals surface area contributed by atoms with Crippen LogP contribution in [0.2, 0.25) is 0 Å². The first-order chi connectivity index (χ1) is 10.8. The largest absolute Gasteiger partial charge is 0.493 e. The molecule has 1 N–H and O–H groups in total. The summed E-state index contributed by atoms with van der Waals surface area (Å²) in [4.78, 5) is 16.5. The van der Waals surface area contributed by atoms with Crippen molar-refractivity contribution >= 4 is 6.03 Å². The number of ether oxygens (including phenoxy) is 1. The van der Waals surface area contributed by atoms with Crippen LogP contribution in [-0.2, 0) is 6.42 Å². The molecule has 2 amide bonds. The lowest BCUT2D eigenvalue weighted by atomic mass is 9.97. The summed E-state index contributed by atoms with van der Waals surface area (Å²) in [7, 11) is 0. The van der Waals surface area contributed by atoms with Crippen LogP contribution in [0.15, 0.2) is 24.3 Å². The van der Waals surface area contributed by atoms with Gasteiger partial charge in [0.15, 0.2) is 0 Å². The Kier molecular flexibility index (Phi) is 4.83. The fourth-order valence-corrected chi connectivity index (χ4v) is 3.13. The number of fused-ring (bicyclic) bond motifs is 1. The summed E-state index contributed by atoms with van der Waals surface area (Å²) in [6.45, 7) is 8.19. The highest BCUT2D eigenvalue weighted by atomic mass is 16.5. The lowest BCUT2D eigenvalue weighted by Crippen LogP contribution is -2.52. The van der Waals surface area contributed by atoms with E-state index < -0.39 is 0 Å². The van der Waals surface area contributed by atoms with Gasteiger partial charge >= 0.3 is 6.03 Å². The van der Waals surface area contributed by atoms with Crippen molar-refractivity contribution in [2.24, 2.45) is 5.92 Å². The van der Waals surface area contributed by atoms with Crippen LogP contribution in [0, 0.1) is 5.92 Å². The Bertz CT molecular complexity index is 512. The van der Waals surface area contributed by atoms with Crippen LogP contribution in [-0.4, -0.2) is 61.7 Å². The first-order valence-corrected chi connectivity index (χ1v) is 8.22. The smallest absolute Gasteiger partial charge is 0.317 e. The molecule has 0 radical (unpaired) electrons. The molecule has 0 aromatic heterocycles. The molecule has 120 valence electrons. The molecule has 1 aromatic rings. The minimum absolute atomic E-state index is 0.0645. The van der Waals surface area contributed by atoms with Crippen molar-refractivity contribution in [3.63, 3.8) is 0 Å². The van der Waals surface area contributed by atoms with Gasteiger partial charge in [0.05, 0.1) is 6.61 Å². The van der Waals surface area contributed by atoms with Crippen LogP contribution < -0.4 is 10.1 Å². The molecule has 22 heavy (non-hydrogen) atoms. The van der Waals surface area contributed by atoms with E-state index in [1.165, 1.54) is 5.56 Å². The maximum Gasteiger partial charge on any atom is 0.317 e. The minimum atomic E-state index is 0.0645. The van der Waals surface area contributed by atoms with Gasteiger partial charge in [0.25, 0.3) is 0 Å². The normalized spacial score (nSPS) is 21.9. The number of carbonyl (C=O) groups is 1. The van der Waals surface area contributed by atoms with Crippen molar-refractivity contribution in [3.8, 4) is 5.75 Å². The van der Waals surface area contributed by atoms with E-state index in [0.717, 1.165) is 44.9 Å². The van der Waals surface area contributed by atoms with Gasteiger partial charge in [-0.25, -0.2) is 4.79 Å². The molecular weight excluding hydrogens is 278 g/mol. The molecule has 5 heteroatoms. The summed E-state index contributed by atoms with van der Waals surface area (Å²) >= 11 is 0. The van der Waals surface area contributed by atoms with Crippen molar-refractivity contribution in [1.82, 2.24) is 15.1 Å². The van der Waals surface area contributed by atoms with Crippen LogP contribution in [0.3, 0.4) is 0 Å².